The molecule has 8 nitrogen and oxygen atoms in total. The van der Waals surface area contributed by atoms with Crippen molar-refractivity contribution in [3.8, 4) is 0 Å². The van der Waals surface area contributed by atoms with Gasteiger partial charge in [0.2, 0.25) is 5.91 Å². The highest BCUT2D eigenvalue weighted by Crippen LogP contribution is 2.28. The third-order valence-electron chi connectivity index (χ3n) is 4.36. The van der Waals surface area contributed by atoms with E-state index in [1.54, 1.807) is 12.1 Å². The van der Waals surface area contributed by atoms with E-state index < -0.39 is 0 Å². The van der Waals surface area contributed by atoms with Crippen LogP contribution in [0.15, 0.2) is 52.1 Å². The van der Waals surface area contributed by atoms with Crippen molar-refractivity contribution in [3.05, 3.63) is 54.0 Å². The van der Waals surface area contributed by atoms with Crippen molar-refractivity contribution in [2.75, 3.05) is 25.0 Å². The summed E-state index contributed by atoms with van der Waals surface area (Å²) in [6, 6.07) is 10.8. The number of nitrogens with zero attached hydrogens (tertiary/aromatic N) is 1. The first-order valence-electron chi connectivity index (χ1n) is 9.89. The summed E-state index contributed by atoms with van der Waals surface area (Å²) < 4.78 is 5.10. The van der Waals surface area contributed by atoms with E-state index in [4.69, 9.17) is 4.42 Å². The molecule has 1 aliphatic rings. The quantitative estimate of drug-likeness (QED) is 0.294. The highest BCUT2D eigenvalue weighted by molar-refractivity contribution is 6.02. The molecule has 154 valence electrons. The Bertz CT molecular complexity index is 844. The Balaban J connectivity index is 1.50. The maximum absolute atomic E-state index is 12.1. The van der Waals surface area contributed by atoms with Gasteiger partial charge in [0, 0.05) is 31.2 Å². The van der Waals surface area contributed by atoms with Crippen LogP contribution in [-0.2, 0) is 11.3 Å². The second-order valence-electron chi connectivity index (χ2n) is 6.82. The molecule has 0 radical (unpaired) electrons. The second-order valence-corrected chi connectivity index (χ2v) is 6.82. The van der Waals surface area contributed by atoms with Crippen LogP contribution in [0.25, 0.3) is 0 Å². The molecule has 0 bridgehead atoms. The van der Waals surface area contributed by atoms with Crippen LogP contribution >= 0.6 is 0 Å². The molecule has 0 unspecified atom stereocenters. The Labute approximate surface area is 170 Å². The van der Waals surface area contributed by atoms with Crippen LogP contribution in [-0.4, -0.2) is 37.4 Å². The van der Waals surface area contributed by atoms with Gasteiger partial charge in [0.15, 0.2) is 11.7 Å². The van der Waals surface area contributed by atoms with E-state index in [0.717, 1.165) is 24.9 Å². The van der Waals surface area contributed by atoms with Crippen LogP contribution in [0.1, 0.15) is 35.9 Å². The molecule has 3 rings (SSSR count). The molecule has 0 atom stereocenters. The number of rotatable bonds is 9. The fourth-order valence-electron chi connectivity index (χ4n) is 2.72. The molecule has 2 aromatic rings. The van der Waals surface area contributed by atoms with Gasteiger partial charge < -0.3 is 25.7 Å². The van der Waals surface area contributed by atoms with Crippen LogP contribution in [0, 0.1) is 5.92 Å². The lowest BCUT2D eigenvalue weighted by Gasteiger charge is -2.12. The minimum atomic E-state index is -0.293. The van der Waals surface area contributed by atoms with Crippen molar-refractivity contribution < 1.29 is 14.0 Å². The number of hydrogen-bond acceptors (Lipinski definition) is 4. The molecule has 0 aliphatic heterocycles. The topological polar surface area (TPSA) is 108 Å². The molecule has 1 aromatic carbocycles. The van der Waals surface area contributed by atoms with Gasteiger partial charge in [-0.3, -0.25) is 9.59 Å². The molecular weight excluding hydrogens is 370 g/mol. The Kier molecular flexibility index (Phi) is 7.27. The van der Waals surface area contributed by atoms with Crippen LogP contribution in [0.3, 0.4) is 0 Å². The molecule has 1 heterocycles. The summed E-state index contributed by atoms with van der Waals surface area (Å²) in [5.41, 5.74) is 1.64. The summed E-state index contributed by atoms with van der Waals surface area (Å²) in [6.45, 7) is 4.35. The van der Waals surface area contributed by atoms with E-state index in [-0.39, 0.29) is 23.5 Å². The molecule has 1 saturated carbocycles. The number of amides is 2. The zero-order valence-electron chi connectivity index (χ0n) is 16.5. The van der Waals surface area contributed by atoms with E-state index in [2.05, 4.69) is 26.3 Å². The van der Waals surface area contributed by atoms with Gasteiger partial charge in [-0.05, 0) is 49.6 Å². The molecule has 0 spiro atoms. The number of aliphatic imine (C=N–C) groups is 1. The van der Waals surface area contributed by atoms with E-state index in [1.165, 1.54) is 6.26 Å². The predicted octanol–water partition coefficient (Wildman–Crippen LogP) is 2.11. The van der Waals surface area contributed by atoms with Gasteiger partial charge in [0.25, 0.3) is 5.91 Å². The lowest BCUT2D eigenvalue weighted by atomic mass is 10.2. The average Bonchev–Trinajstić information content (AvgIpc) is 3.43. The number of carbonyl (C=O) groups excluding carboxylic acids is 2. The van der Waals surface area contributed by atoms with Crippen molar-refractivity contribution >= 4 is 23.5 Å². The maximum Gasteiger partial charge on any atom is 0.291 e. The van der Waals surface area contributed by atoms with E-state index in [0.29, 0.717) is 31.3 Å². The van der Waals surface area contributed by atoms with Gasteiger partial charge in [-0.25, -0.2) is 4.99 Å². The first-order valence-corrected chi connectivity index (χ1v) is 9.89. The number of guanidine groups is 1. The van der Waals surface area contributed by atoms with Gasteiger partial charge >= 0.3 is 0 Å². The smallest absolute Gasteiger partial charge is 0.291 e. The lowest BCUT2D eigenvalue weighted by Crippen LogP contribution is -2.41. The zero-order chi connectivity index (χ0) is 20.5. The summed E-state index contributed by atoms with van der Waals surface area (Å²) >= 11 is 0. The number of carbonyl (C=O) groups is 2. The first kappa shape index (κ1) is 20.4. The second kappa shape index (κ2) is 10.3. The predicted molar refractivity (Wildman–Crippen MR) is 112 cm³/mol. The van der Waals surface area contributed by atoms with Crippen molar-refractivity contribution in [2.45, 2.75) is 26.3 Å². The highest BCUT2D eigenvalue weighted by Gasteiger charge is 2.28. The normalized spacial score (nSPS) is 13.6. The first-order chi connectivity index (χ1) is 14.2. The molecule has 4 N–H and O–H groups in total. The molecular formula is C21H27N5O3. The minimum absolute atomic E-state index is 0.141. The molecule has 1 fully saturated rings. The van der Waals surface area contributed by atoms with Crippen molar-refractivity contribution in [1.82, 2.24) is 16.0 Å². The number of furan rings is 1. The summed E-state index contributed by atoms with van der Waals surface area (Å²) in [5.74, 6) is 1.01. The standard InChI is InChI=1S/C21H27N5O3/c1-2-22-21(24-11-10-23-19(27)16-8-9-16)25-14-15-5-3-6-17(13-15)26-20(28)18-7-4-12-29-18/h3-7,12-13,16H,2,8-11,14H2,1H3,(H,23,27)(H,26,28)(H2,22,24,25). The van der Waals surface area contributed by atoms with Crippen LogP contribution in [0.2, 0.25) is 0 Å². The fraction of sp³-hybridized carbons (Fsp3) is 0.381. The SMILES string of the molecule is CCNC(=NCc1cccc(NC(=O)c2ccco2)c1)NCCNC(=O)C1CC1. The summed E-state index contributed by atoms with van der Waals surface area (Å²) in [7, 11) is 0. The minimum Gasteiger partial charge on any atom is -0.459 e. The Hall–Kier alpha value is -3.29. The van der Waals surface area contributed by atoms with Crippen molar-refractivity contribution in [3.63, 3.8) is 0 Å². The van der Waals surface area contributed by atoms with Gasteiger partial charge in [-0.1, -0.05) is 12.1 Å². The number of nitrogens with one attached hydrogen (secondary N) is 4. The Morgan fingerprint density at radius 3 is 2.66 bits per heavy atom. The van der Waals surface area contributed by atoms with Crippen LogP contribution < -0.4 is 21.3 Å². The Morgan fingerprint density at radius 2 is 1.93 bits per heavy atom. The maximum atomic E-state index is 12.1. The molecule has 2 amide bonds. The van der Waals surface area contributed by atoms with Gasteiger partial charge in [-0.15, -0.1) is 0 Å². The molecule has 8 heteroatoms. The molecule has 1 aromatic heterocycles. The van der Waals surface area contributed by atoms with E-state index in [1.807, 2.05) is 31.2 Å². The van der Waals surface area contributed by atoms with E-state index in [9.17, 15) is 9.59 Å². The van der Waals surface area contributed by atoms with Crippen LogP contribution in [0.4, 0.5) is 5.69 Å². The van der Waals surface area contributed by atoms with Gasteiger partial charge in [-0.2, -0.15) is 0 Å². The largest absolute Gasteiger partial charge is 0.459 e. The lowest BCUT2D eigenvalue weighted by molar-refractivity contribution is -0.122. The van der Waals surface area contributed by atoms with Crippen molar-refractivity contribution in [1.29, 1.82) is 0 Å². The monoisotopic (exact) mass is 397 g/mol. The Morgan fingerprint density at radius 1 is 1.10 bits per heavy atom. The molecule has 0 saturated heterocycles. The third kappa shape index (κ3) is 6.67. The van der Waals surface area contributed by atoms with E-state index >= 15 is 0 Å². The summed E-state index contributed by atoms with van der Waals surface area (Å²) in [4.78, 5) is 28.3. The third-order valence-corrected chi connectivity index (χ3v) is 4.36. The molecule has 1 aliphatic carbocycles. The summed E-state index contributed by atoms with van der Waals surface area (Å²) in [5, 5.41) is 12.1. The average molecular weight is 397 g/mol. The van der Waals surface area contributed by atoms with Gasteiger partial charge in [0.05, 0.1) is 12.8 Å². The van der Waals surface area contributed by atoms with Crippen molar-refractivity contribution in [2.24, 2.45) is 10.9 Å². The number of hydrogen-bond donors (Lipinski definition) is 4. The fourth-order valence-corrected chi connectivity index (χ4v) is 2.72. The number of anilines is 1. The van der Waals surface area contributed by atoms with Crippen LogP contribution in [0.5, 0.6) is 0 Å². The van der Waals surface area contributed by atoms with Gasteiger partial charge in [0.1, 0.15) is 0 Å². The zero-order valence-corrected chi connectivity index (χ0v) is 16.5. The molecule has 29 heavy (non-hydrogen) atoms. The summed E-state index contributed by atoms with van der Waals surface area (Å²) in [6.07, 6.45) is 3.47. The number of benzene rings is 1. The highest BCUT2D eigenvalue weighted by atomic mass is 16.3.